The molecule has 144 valence electrons. The van der Waals surface area contributed by atoms with Crippen molar-refractivity contribution in [2.24, 2.45) is 0 Å². The van der Waals surface area contributed by atoms with E-state index >= 15 is 0 Å². The molecule has 0 spiro atoms. The van der Waals surface area contributed by atoms with Crippen molar-refractivity contribution < 1.29 is 4.79 Å². The summed E-state index contributed by atoms with van der Waals surface area (Å²) in [7, 11) is 0. The van der Waals surface area contributed by atoms with Crippen molar-refractivity contribution in [3.05, 3.63) is 87.2 Å². The van der Waals surface area contributed by atoms with E-state index in [2.05, 4.69) is 10.4 Å². The summed E-state index contributed by atoms with van der Waals surface area (Å²) >= 11 is 7.27. The van der Waals surface area contributed by atoms with Crippen LogP contribution in [0.1, 0.15) is 18.1 Å². The Kier molecular flexibility index (Phi) is 6.54. The average molecular weight is 414 g/mol. The van der Waals surface area contributed by atoms with Gasteiger partial charge in [-0.2, -0.15) is 9.78 Å². The molecule has 0 radical (unpaired) electrons. The summed E-state index contributed by atoms with van der Waals surface area (Å²) in [4.78, 5) is 24.6. The maximum Gasteiger partial charge on any atom is 0.271 e. The normalized spacial score (nSPS) is 11.8. The molecule has 0 bridgehead atoms. The van der Waals surface area contributed by atoms with E-state index in [0.29, 0.717) is 22.3 Å². The Labute approximate surface area is 172 Å². The first-order chi connectivity index (χ1) is 13.4. The quantitative estimate of drug-likeness (QED) is 0.620. The fourth-order valence-electron chi connectivity index (χ4n) is 2.54. The molecule has 1 aromatic heterocycles. The van der Waals surface area contributed by atoms with Gasteiger partial charge in [0.25, 0.3) is 5.56 Å². The third-order valence-corrected chi connectivity index (χ3v) is 5.34. The van der Waals surface area contributed by atoms with Gasteiger partial charge < -0.3 is 5.32 Å². The van der Waals surface area contributed by atoms with Gasteiger partial charge >= 0.3 is 0 Å². The Morgan fingerprint density at radius 1 is 1.18 bits per heavy atom. The topological polar surface area (TPSA) is 64.0 Å². The van der Waals surface area contributed by atoms with Crippen molar-refractivity contribution in [3.8, 4) is 5.69 Å². The number of nitrogens with one attached hydrogen (secondary N) is 1. The molecule has 3 aromatic rings. The minimum atomic E-state index is -0.365. The molecule has 1 heterocycles. The molecular formula is C21H20ClN3O2S. The summed E-state index contributed by atoms with van der Waals surface area (Å²) in [5.41, 5.74) is 2.51. The smallest absolute Gasteiger partial charge is 0.271 e. The van der Waals surface area contributed by atoms with Gasteiger partial charge in [-0.15, -0.1) is 0 Å². The SMILES string of the molecule is Cc1ccc(-n2nc(S[C@@H](C)C(=O)NCc3cccc(Cl)c3)ccc2=O)cc1. The predicted octanol–water partition coefficient (Wildman–Crippen LogP) is 3.99. The molecule has 0 aliphatic carbocycles. The number of aryl methyl sites for hydroxylation is 1. The van der Waals surface area contributed by atoms with Crippen molar-refractivity contribution in [3.63, 3.8) is 0 Å². The van der Waals surface area contributed by atoms with E-state index in [-0.39, 0.29) is 16.7 Å². The van der Waals surface area contributed by atoms with E-state index in [1.54, 1.807) is 19.1 Å². The zero-order chi connectivity index (χ0) is 20.1. The second-order valence-electron chi connectivity index (χ2n) is 6.36. The summed E-state index contributed by atoms with van der Waals surface area (Å²) in [6, 6.07) is 18.0. The maximum absolute atomic E-state index is 12.4. The Morgan fingerprint density at radius 3 is 2.64 bits per heavy atom. The summed E-state index contributed by atoms with van der Waals surface area (Å²) in [5.74, 6) is -0.111. The molecule has 28 heavy (non-hydrogen) atoms. The molecule has 0 fully saturated rings. The van der Waals surface area contributed by atoms with E-state index in [4.69, 9.17) is 11.6 Å². The van der Waals surface area contributed by atoms with Crippen LogP contribution in [0.5, 0.6) is 0 Å². The van der Waals surface area contributed by atoms with Crippen molar-refractivity contribution in [2.75, 3.05) is 0 Å². The molecule has 2 aromatic carbocycles. The van der Waals surface area contributed by atoms with E-state index < -0.39 is 0 Å². The number of rotatable bonds is 6. The molecule has 1 N–H and O–H groups in total. The van der Waals surface area contributed by atoms with Crippen LogP contribution in [0, 0.1) is 6.92 Å². The predicted molar refractivity (Wildman–Crippen MR) is 113 cm³/mol. The third kappa shape index (κ3) is 5.24. The molecule has 3 rings (SSSR count). The minimum absolute atomic E-state index is 0.111. The Hall–Kier alpha value is -2.57. The van der Waals surface area contributed by atoms with Gasteiger partial charge in [-0.25, -0.2) is 0 Å². The number of nitrogens with zero attached hydrogens (tertiary/aromatic N) is 2. The molecule has 0 saturated carbocycles. The lowest BCUT2D eigenvalue weighted by Gasteiger charge is -2.13. The lowest BCUT2D eigenvalue weighted by atomic mass is 10.2. The van der Waals surface area contributed by atoms with Gasteiger partial charge in [-0.1, -0.05) is 53.2 Å². The highest BCUT2D eigenvalue weighted by molar-refractivity contribution is 8.00. The van der Waals surface area contributed by atoms with E-state index in [9.17, 15) is 9.59 Å². The van der Waals surface area contributed by atoms with E-state index in [0.717, 1.165) is 11.1 Å². The Bertz CT molecular complexity index is 1030. The van der Waals surface area contributed by atoms with Crippen molar-refractivity contribution >= 4 is 29.3 Å². The van der Waals surface area contributed by atoms with Crippen molar-refractivity contribution in [1.82, 2.24) is 15.1 Å². The van der Waals surface area contributed by atoms with Crippen LogP contribution in [-0.4, -0.2) is 20.9 Å². The Morgan fingerprint density at radius 2 is 1.93 bits per heavy atom. The number of hydrogen-bond acceptors (Lipinski definition) is 4. The number of hydrogen-bond donors (Lipinski definition) is 1. The van der Waals surface area contributed by atoms with Crippen LogP contribution in [0.25, 0.3) is 5.69 Å². The largest absolute Gasteiger partial charge is 0.351 e. The van der Waals surface area contributed by atoms with Gasteiger partial charge in [-0.3, -0.25) is 9.59 Å². The number of carbonyl (C=O) groups is 1. The molecule has 7 heteroatoms. The Balaban J connectivity index is 1.67. The first-order valence-electron chi connectivity index (χ1n) is 8.78. The zero-order valence-corrected chi connectivity index (χ0v) is 17.1. The first-order valence-corrected chi connectivity index (χ1v) is 10.0. The molecular weight excluding hydrogens is 394 g/mol. The van der Waals surface area contributed by atoms with Gasteiger partial charge in [0.2, 0.25) is 5.91 Å². The van der Waals surface area contributed by atoms with Gasteiger partial charge in [0.05, 0.1) is 10.9 Å². The standard InChI is InChI=1S/C21H20ClN3O2S/c1-14-6-8-18(9-7-14)25-20(26)11-10-19(24-25)28-15(2)21(27)23-13-16-4-3-5-17(22)12-16/h3-12,15H,13H2,1-2H3,(H,23,27)/t15-/m0/s1. The van der Waals surface area contributed by atoms with Crippen molar-refractivity contribution in [1.29, 1.82) is 0 Å². The summed E-state index contributed by atoms with van der Waals surface area (Å²) < 4.78 is 1.35. The van der Waals surface area contributed by atoms with Crippen LogP contribution in [0.3, 0.4) is 0 Å². The number of halogens is 1. The van der Waals surface area contributed by atoms with Crippen LogP contribution in [0.2, 0.25) is 5.02 Å². The molecule has 0 aliphatic rings. The highest BCUT2D eigenvalue weighted by Crippen LogP contribution is 2.21. The summed E-state index contributed by atoms with van der Waals surface area (Å²) in [6.45, 7) is 4.19. The monoisotopic (exact) mass is 413 g/mol. The second kappa shape index (κ2) is 9.08. The average Bonchev–Trinajstić information content (AvgIpc) is 2.68. The fraction of sp³-hybridized carbons (Fsp3) is 0.190. The van der Waals surface area contributed by atoms with Crippen LogP contribution in [0.15, 0.2) is 70.5 Å². The maximum atomic E-state index is 12.4. The van der Waals surface area contributed by atoms with Crippen LogP contribution in [-0.2, 0) is 11.3 Å². The van der Waals surface area contributed by atoms with Gasteiger partial charge in [0.1, 0.15) is 5.03 Å². The minimum Gasteiger partial charge on any atom is -0.351 e. The zero-order valence-electron chi connectivity index (χ0n) is 15.6. The van der Waals surface area contributed by atoms with E-state index in [1.165, 1.54) is 22.5 Å². The number of thioether (sulfide) groups is 1. The van der Waals surface area contributed by atoms with Gasteiger partial charge in [-0.05, 0) is 49.7 Å². The number of aromatic nitrogens is 2. The van der Waals surface area contributed by atoms with E-state index in [1.807, 2.05) is 49.4 Å². The highest BCUT2D eigenvalue weighted by atomic mass is 35.5. The molecule has 5 nitrogen and oxygen atoms in total. The molecule has 1 atom stereocenters. The number of amides is 1. The lowest BCUT2D eigenvalue weighted by molar-refractivity contribution is -0.120. The van der Waals surface area contributed by atoms with Crippen LogP contribution in [0.4, 0.5) is 0 Å². The number of carbonyl (C=O) groups excluding carboxylic acids is 1. The van der Waals surface area contributed by atoms with Crippen LogP contribution >= 0.6 is 23.4 Å². The molecule has 0 saturated heterocycles. The lowest BCUT2D eigenvalue weighted by Crippen LogP contribution is -2.30. The third-order valence-electron chi connectivity index (χ3n) is 4.08. The summed E-state index contributed by atoms with van der Waals surface area (Å²) in [6.07, 6.45) is 0. The number of benzene rings is 2. The molecule has 0 unspecified atom stereocenters. The first kappa shape index (κ1) is 20.2. The molecule has 0 aliphatic heterocycles. The van der Waals surface area contributed by atoms with Gasteiger partial charge in [0, 0.05) is 17.6 Å². The molecule has 1 amide bonds. The fourth-order valence-corrected chi connectivity index (χ4v) is 3.58. The van der Waals surface area contributed by atoms with Crippen LogP contribution < -0.4 is 10.9 Å². The summed E-state index contributed by atoms with van der Waals surface area (Å²) in [5, 5.41) is 8.16. The second-order valence-corrected chi connectivity index (χ2v) is 8.16. The highest BCUT2D eigenvalue weighted by Gasteiger charge is 2.16. The van der Waals surface area contributed by atoms with Gasteiger partial charge in [0.15, 0.2) is 0 Å². The van der Waals surface area contributed by atoms with Crippen molar-refractivity contribution in [2.45, 2.75) is 30.7 Å².